The molecule has 0 bridgehead atoms. The molecule has 1 amide bonds. The number of halogens is 1. The predicted octanol–water partition coefficient (Wildman–Crippen LogP) is 2.24. The maximum atomic E-state index is 12.2. The molecule has 20 heavy (non-hydrogen) atoms. The Bertz CT molecular complexity index is 555. The first-order valence-electron chi connectivity index (χ1n) is 6.32. The minimum absolute atomic E-state index is 0.00218. The van der Waals surface area contributed by atoms with E-state index in [4.69, 9.17) is 11.6 Å². The van der Waals surface area contributed by atoms with E-state index in [1.807, 2.05) is 6.92 Å². The molecule has 6 nitrogen and oxygen atoms in total. The fourth-order valence-corrected chi connectivity index (χ4v) is 2.59. The molecule has 1 saturated heterocycles. The average Bonchev–Trinajstić information content (AvgIpc) is 2.35. The summed E-state index contributed by atoms with van der Waals surface area (Å²) in [5, 5.41) is 20.8. The van der Waals surface area contributed by atoms with Crippen molar-refractivity contribution >= 4 is 23.2 Å². The number of amides is 1. The van der Waals surface area contributed by atoms with Gasteiger partial charge in [-0.25, -0.2) is 0 Å². The summed E-state index contributed by atoms with van der Waals surface area (Å²) in [6.07, 6.45) is 1.47. The van der Waals surface area contributed by atoms with E-state index in [-0.39, 0.29) is 35.3 Å². The molecule has 108 valence electrons. The maximum absolute atomic E-state index is 12.2. The molecular formula is C13H15ClN2O4. The van der Waals surface area contributed by atoms with Crippen LogP contribution in [-0.4, -0.2) is 39.5 Å². The second kappa shape index (κ2) is 5.38. The summed E-state index contributed by atoms with van der Waals surface area (Å²) >= 11 is 5.70. The van der Waals surface area contributed by atoms with Crippen molar-refractivity contribution in [3.63, 3.8) is 0 Å². The Kier molecular flexibility index (Phi) is 3.96. The van der Waals surface area contributed by atoms with Gasteiger partial charge >= 0.3 is 0 Å². The highest BCUT2D eigenvalue weighted by Crippen LogP contribution is 2.30. The highest BCUT2D eigenvalue weighted by atomic mass is 35.5. The lowest BCUT2D eigenvalue weighted by Crippen LogP contribution is -2.63. The molecule has 1 heterocycles. The third kappa shape index (κ3) is 2.76. The van der Waals surface area contributed by atoms with Crippen LogP contribution < -0.4 is 0 Å². The van der Waals surface area contributed by atoms with Crippen molar-refractivity contribution in [3.05, 3.63) is 38.9 Å². The number of carbonyl (C=O) groups excluding carboxylic acids is 1. The van der Waals surface area contributed by atoms with Crippen LogP contribution in [0, 0.1) is 10.1 Å². The van der Waals surface area contributed by atoms with E-state index in [2.05, 4.69) is 0 Å². The topological polar surface area (TPSA) is 83.7 Å². The summed E-state index contributed by atoms with van der Waals surface area (Å²) in [5.41, 5.74) is -0.899. The van der Waals surface area contributed by atoms with E-state index < -0.39 is 10.5 Å². The quantitative estimate of drug-likeness (QED) is 0.682. The largest absolute Gasteiger partial charge is 0.386 e. The predicted molar refractivity (Wildman–Crippen MR) is 73.9 cm³/mol. The van der Waals surface area contributed by atoms with Crippen LogP contribution in [0.2, 0.25) is 5.02 Å². The van der Waals surface area contributed by atoms with Crippen LogP contribution in [-0.2, 0) is 0 Å². The molecular weight excluding hydrogens is 284 g/mol. The van der Waals surface area contributed by atoms with Gasteiger partial charge in [0.25, 0.3) is 11.6 Å². The monoisotopic (exact) mass is 298 g/mol. The lowest BCUT2D eigenvalue weighted by Gasteiger charge is -2.46. The first-order valence-corrected chi connectivity index (χ1v) is 6.70. The Morgan fingerprint density at radius 2 is 2.20 bits per heavy atom. The van der Waals surface area contributed by atoms with Crippen LogP contribution in [0.4, 0.5) is 5.69 Å². The van der Waals surface area contributed by atoms with E-state index >= 15 is 0 Å². The molecule has 0 aliphatic carbocycles. The number of rotatable bonds is 4. The number of nitro groups is 1. The number of likely N-dealkylation sites (tertiary alicyclic amines) is 1. The van der Waals surface area contributed by atoms with Crippen LogP contribution in [0.5, 0.6) is 0 Å². The molecule has 1 aliphatic rings. The zero-order valence-electron chi connectivity index (χ0n) is 11.0. The summed E-state index contributed by atoms with van der Waals surface area (Å²) in [4.78, 5) is 23.8. The molecule has 0 saturated carbocycles. The van der Waals surface area contributed by atoms with Gasteiger partial charge in [0.1, 0.15) is 5.02 Å². The highest BCUT2D eigenvalue weighted by Gasteiger charge is 2.43. The molecule has 0 atom stereocenters. The Balaban J connectivity index is 2.12. The first-order chi connectivity index (χ1) is 9.36. The van der Waals surface area contributed by atoms with Gasteiger partial charge in [-0.3, -0.25) is 14.9 Å². The van der Waals surface area contributed by atoms with Gasteiger partial charge in [0, 0.05) is 11.6 Å². The van der Waals surface area contributed by atoms with Crippen LogP contribution in [0.15, 0.2) is 18.2 Å². The van der Waals surface area contributed by atoms with Crippen LogP contribution in [0.1, 0.15) is 30.1 Å². The second-order valence-electron chi connectivity index (χ2n) is 5.06. The normalized spacial score (nSPS) is 16.6. The summed E-state index contributed by atoms with van der Waals surface area (Å²) < 4.78 is 0. The van der Waals surface area contributed by atoms with E-state index in [9.17, 15) is 20.0 Å². The third-order valence-corrected chi connectivity index (χ3v) is 3.68. The van der Waals surface area contributed by atoms with E-state index in [1.54, 1.807) is 0 Å². The molecule has 1 N–H and O–H groups in total. The Morgan fingerprint density at radius 1 is 1.55 bits per heavy atom. The zero-order valence-corrected chi connectivity index (χ0v) is 11.8. The van der Waals surface area contributed by atoms with Gasteiger partial charge in [-0.1, -0.05) is 24.9 Å². The molecule has 0 radical (unpaired) electrons. The minimum Gasteiger partial charge on any atom is -0.386 e. The SMILES string of the molecule is CCCC1(O)CN(C(=O)c2ccc(Cl)c([N+](=O)[O-])c2)C1. The number of β-amino-alcohol motifs (C(OH)–C–C–N with tert-alkyl or cyclic N) is 1. The smallest absolute Gasteiger partial charge is 0.288 e. The number of nitrogens with zero attached hydrogens (tertiary/aromatic N) is 2. The van der Waals surface area contributed by atoms with E-state index in [1.165, 1.54) is 23.1 Å². The number of carbonyl (C=O) groups is 1. The number of nitro benzene ring substituents is 1. The fraction of sp³-hybridized carbons (Fsp3) is 0.462. The number of hydrogen-bond acceptors (Lipinski definition) is 4. The van der Waals surface area contributed by atoms with Gasteiger partial charge in [-0.05, 0) is 18.6 Å². The van der Waals surface area contributed by atoms with E-state index in [0.717, 1.165) is 6.42 Å². The van der Waals surface area contributed by atoms with Gasteiger partial charge in [-0.15, -0.1) is 0 Å². The summed E-state index contributed by atoms with van der Waals surface area (Å²) in [6, 6.07) is 3.96. The zero-order chi connectivity index (χ0) is 14.9. The number of aliphatic hydroxyl groups is 1. The summed E-state index contributed by atoms with van der Waals surface area (Å²) in [5.74, 6) is -0.328. The number of benzene rings is 1. The highest BCUT2D eigenvalue weighted by molar-refractivity contribution is 6.32. The second-order valence-corrected chi connectivity index (χ2v) is 5.47. The molecule has 0 aromatic heterocycles. The third-order valence-electron chi connectivity index (χ3n) is 3.36. The molecule has 1 aromatic carbocycles. The average molecular weight is 299 g/mol. The van der Waals surface area contributed by atoms with Crippen molar-refractivity contribution in [3.8, 4) is 0 Å². The first kappa shape index (κ1) is 14.7. The van der Waals surface area contributed by atoms with Crippen molar-refractivity contribution < 1.29 is 14.8 Å². The van der Waals surface area contributed by atoms with Gasteiger partial charge in [0.05, 0.1) is 23.6 Å². The minimum atomic E-state index is -0.817. The fourth-order valence-electron chi connectivity index (χ4n) is 2.40. The lowest BCUT2D eigenvalue weighted by molar-refractivity contribution is -0.384. The standard InChI is InChI=1S/C13H15ClN2O4/c1-2-5-13(18)7-15(8-13)12(17)9-3-4-10(14)11(6-9)16(19)20/h3-4,6,18H,2,5,7-8H2,1H3. The molecule has 7 heteroatoms. The van der Waals surface area contributed by atoms with Crippen molar-refractivity contribution in [2.24, 2.45) is 0 Å². The van der Waals surface area contributed by atoms with Crippen molar-refractivity contribution in [2.45, 2.75) is 25.4 Å². The Hall–Kier alpha value is -1.66. The van der Waals surface area contributed by atoms with Crippen LogP contribution >= 0.6 is 11.6 Å². The summed E-state index contributed by atoms with van der Waals surface area (Å²) in [6.45, 7) is 2.48. The van der Waals surface area contributed by atoms with Gasteiger partial charge in [0.15, 0.2) is 0 Å². The van der Waals surface area contributed by atoms with Crippen LogP contribution in [0.25, 0.3) is 0 Å². The molecule has 0 spiro atoms. The molecule has 1 fully saturated rings. The lowest BCUT2D eigenvalue weighted by atomic mass is 9.89. The van der Waals surface area contributed by atoms with Gasteiger partial charge in [0.2, 0.25) is 0 Å². The van der Waals surface area contributed by atoms with Gasteiger partial charge < -0.3 is 10.0 Å². The Labute approximate surface area is 121 Å². The maximum Gasteiger partial charge on any atom is 0.288 e. The molecule has 1 aliphatic heterocycles. The van der Waals surface area contributed by atoms with Gasteiger partial charge in [-0.2, -0.15) is 0 Å². The molecule has 2 rings (SSSR count). The number of hydrogen-bond donors (Lipinski definition) is 1. The Morgan fingerprint density at radius 3 is 2.75 bits per heavy atom. The van der Waals surface area contributed by atoms with Crippen molar-refractivity contribution in [1.82, 2.24) is 4.90 Å². The van der Waals surface area contributed by atoms with Crippen LogP contribution in [0.3, 0.4) is 0 Å². The molecule has 0 unspecified atom stereocenters. The van der Waals surface area contributed by atoms with Crippen molar-refractivity contribution in [2.75, 3.05) is 13.1 Å². The summed E-state index contributed by atoms with van der Waals surface area (Å²) in [7, 11) is 0. The molecule has 1 aromatic rings. The van der Waals surface area contributed by atoms with Crippen molar-refractivity contribution in [1.29, 1.82) is 0 Å². The van der Waals surface area contributed by atoms with E-state index in [0.29, 0.717) is 6.42 Å².